The fourth-order valence-corrected chi connectivity index (χ4v) is 2.49. The predicted molar refractivity (Wildman–Crippen MR) is 65.4 cm³/mol. The van der Waals surface area contributed by atoms with Crippen LogP contribution in [0.25, 0.3) is 0 Å². The van der Waals surface area contributed by atoms with Crippen LogP contribution in [0.2, 0.25) is 0 Å². The molecule has 0 aromatic rings. The lowest BCUT2D eigenvalue weighted by molar-refractivity contribution is 0.106. The molecule has 94 valence electrons. The van der Waals surface area contributed by atoms with Gasteiger partial charge in [-0.15, -0.1) is 0 Å². The highest BCUT2D eigenvalue weighted by Crippen LogP contribution is 2.27. The van der Waals surface area contributed by atoms with Crippen molar-refractivity contribution >= 4 is 6.09 Å². The van der Waals surface area contributed by atoms with Crippen molar-refractivity contribution in [3.63, 3.8) is 0 Å². The fraction of sp³-hybridized carbons (Fsp3) is 0.923. The second-order valence-corrected chi connectivity index (χ2v) is 5.01. The Hall–Kier alpha value is -0.730. The molecule has 1 amide bonds. The van der Waals surface area contributed by atoms with Crippen LogP contribution in [-0.4, -0.2) is 18.2 Å². The summed E-state index contributed by atoms with van der Waals surface area (Å²) in [5.41, 5.74) is 0. The summed E-state index contributed by atoms with van der Waals surface area (Å²) in [6.45, 7) is 5.89. The second-order valence-electron chi connectivity index (χ2n) is 5.01. The number of rotatable bonds is 4. The Morgan fingerprint density at radius 3 is 2.44 bits per heavy atom. The van der Waals surface area contributed by atoms with Crippen molar-refractivity contribution in [2.45, 2.75) is 71.4 Å². The zero-order valence-electron chi connectivity index (χ0n) is 10.8. The molecule has 0 aromatic heterocycles. The molecule has 1 rings (SSSR count). The first-order valence-corrected chi connectivity index (χ1v) is 6.60. The van der Waals surface area contributed by atoms with Crippen molar-refractivity contribution in [3.8, 4) is 0 Å². The van der Waals surface area contributed by atoms with Crippen molar-refractivity contribution in [2.24, 2.45) is 5.92 Å². The number of ether oxygens (including phenoxy) is 1. The van der Waals surface area contributed by atoms with E-state index in [1.54, 1.807) is 0 Å². The van der Waals surface area contributed by atoms with E-state index in [0.717, 1.165) is 6.42 Å². The topological polar surface area (TPSA) is 38.3 Å². The number of hydrogen-bond acceptors (Lipinski definition) is 2. The first kappa shape index (κ1) is 13.3. The molecule has 1 N–H and O–H groups in total. The highest BCUT2D eigenvalue weighted by Gasteiger charge is 2.24. The maximum Gasteiger partial charge on any atom is 0.407 e. The van der Waals surface area contributed by atoms with Crippen LogP contribution in [0.4, 0.5) is 4.79 Å². The van der Waals surface area contributed by atoms with Crippen LogP contribution >= 0.6 is 0 Å². The van der Waals surface area contributed by atoms with Crippen molar-refractivity contribution in [1.29, 1.82) is 0 Å². The van der Waals surface area contributed by atoms with Gasteiger partial charge in [-0.3, -0.25) is 0 Å². The largest absolute Gasteiger partial charge is 0.447 e. The maximum atomic E-state index is 11.5. The van der Waals surface area contributed by atoms with Crippen LogP contribution in [0.1, 0.15) is 59.3 Å². The molecule has 0 aliphatic heterocycles. The standard InChI is InChI=1S/C13H25NO2/c1-4-12(11-8-6-5-7-9-11)14-13(15)16-10(2)3/h10-12H,4-9H2,1-3H3,(H,14,15). The first-order valence-electron chi connectivity index (χ1n) is 6.60. The number of nitrogens with one attached hydrogen (secondary N) is 1. The van der Waals surface area contributed by atoms with Crippen LogP contribution in [0, 0.1) is 5.92 Å². The van der Waals surface area contributed by atoms with Crippen molar-refractivity contribution in [2.75, 3.05) is 0 Å². The Bertz CT molecular complexity index is 210. The Labute approximate surface area is 98.9 Å². The summed E-state index contributed by atoms with van der Waals surface area (Å²) in [6.07, 6.45) is 7.17. The molecule has 1 fully saturated rings. The molecule has 0 aromatic carbocycles. The van der Waals surface area contributed by atoms with Gasteiger partial charge in [-0.25, -0.2) is 4.79 Å². The van der Waals surface area contributed by atoms with Crippen LogP contribution < -0.4 is 5.32 Å². The quantitative estimate of drug-likeness (QED) is 0.798. The lowest BCUT2D eigenvalue weighted by atomic mass is 9.83. The van der Waals surface area contributed by atoms with E-state index in [0.29, 0.717) is 12.0 Å². The molecule has 16 heavy (non-hydrogen) atoms. The van der Waals surface area contributed by atoms with E-state index < -0.39 is 0 Å². The van der Waals surface area contributed by atoms with Gasteiger partial charge in [0, 0.05) is 6.04 Å². The Morgan fingerprint density at radius 1 is 1.31 bits per heavy atom. The summed E-state index contributed by atoms with van der Waals surface area (Å²) in [7, 11) is 0. The zero-order valence-corrected chi connectivity index (χ0v) is 10.8. The second kappa shape index (κ2) is 6.77. The summed E-state index contributed by atoms with van der Waals surface area (Å²) in [5.74, 6) is 0.651. The smallest absolute Gasteiger partial charge is 0.407 e. The van der Waals surface area contributed by atoms with Crippen LogP contribution in [0.5, 0.6) is 0 Å². The number of carbonyl (C=O) groups excluding carboxylic acids is 1. The maximum absolute atomic E-state index is 11.5. The van der Waals surface area contributed by atoms with Gasteiger partial charge in [0.05, 0.1) is 6.10 Å². The van der Waals surface area contributed by atoms with Gasteiger partial charge in [0.25, 0.3) is 0 Å². The van der Waals surface area contributed by atoms with Gasteiger partial charge in [-0.1, -0.05) is 26.2 Å². The normalized spacial score (nSPS) is 19.5. The third-order valence-electron chi connectivity index (χ3n) is 3.30. The monoisotopic (exact) mass is 227 g/mol. The summed E-state index contributed by atoms with van der Waals surface area (Å²) >= 11 is 0. The average Bonchev–Trinajstić information content (AvgIpc) is 2.26. The Kier molecular flexibility index (Phi) is 5.64. The van der Waals surface area contributed by atoms with Crippen LogP contribution in [-0.2, 0) is 4.74 Å². The zero-order chi connectivity index (χ0) is 12.0. The van der Waals surface area contributed by atoms with Gasteiger partial charge >= 0.3 is 6.09 Å². The minimum Gasteiger partial charge on any atom is -0.447 e. The molecule has 0 saturated heterocycles. The number of alkyl carbamates (subject to hydrolysis) is 1. The van der Waals surface area contributed by atoms with Gasteiger partial charge in [0.2, 0.25) is 0 Å². The highest BCUT2D eigenvalue weighted by atomic mass is 16.6. The van der Waals surface area contributed by atoms with E-state index in [1.165, 1.54) is 32.1 Å². The molecule has 0 bridgehead atoms. The molecule has 0 heterocycles. The molecular weight excluding hydrogens is 202 g/mol. The molecule has 1 aliphatic carbocycles. The molecule has 0 radical (unpaired) electrons. The van der Waals surface area contributed by atoms with Gasteiger partial charge in [0.1, 0.15) is 0 Å². The third kappa shape index (κ3) is 4.42. The van der Waals surface area contributed by atoms with Crippen LogP contribution in [0.15, 0.2) is 0 Å². The molecule has 1 aliphatic rings. The lowest BCUT2D eigenvalue weighted by Gasteiger charge is -2.30. The number of carbonyl (C=O) groups is 1. The molecule has 1 unspecified atom stereocenters. The Balaban J connectivity index is 2.37. The Morgan fingerprint density at radius 2 is 1.94 bits per heavy atom. The van der Waals surface area contributed by atoms with E-state index in [4.69, 9.17) is 4.74 Å². The van der Waals surface area contributed by atoms with Gasteiger partial charge < -0.3 is 10.1 Å². The number of hydrogen-bond donors (Lipinski definition) is 1. The number of amides is 1. The minimum absolute atomic E-state index is 0.0381. The van der Waals surface area contributed by atoms with E-state index >= 15 is 0 Å². The van der Waals surface area contributed by atoms with Crippen molar-refractivity contribution in [3.05, 3.63) is 0 Å². The SMILES string of the molecule is CCC(NC(=O)OC(C)C)C1CCCCC1. The van der Waals surface area contributed by atoms with E-state index in [1.807, 2.05) is 13.8 Å². The molecule has 1 atom stereocenters. The van der Waals surface area contributed by atoms with Crippen molar-refractivity contribution in [1.82, 2.24) is 5.32 Å². The summed E-state index contributed by atoms with van der Waals surface area (Å²) < 4.78 is 5.12. The fourth-order valence-electron chi connectivity index (χ4n) is 2.49. The minimum atomic E-state index is -0.257. The summed E-state index contributed by atoms with van der Waals surface area (Å²) in [6, 6.07) is 0.298. The average molecular weight is 227 g/mol. The summed E-state index contributed by atoms with van der Waals surface area (Å²) in [5, 5.41) is 3.01. The van der Waals surface area contributed by atoms with E-state index in [9.17, 15) is 4.79 Å². The van der Waals surface area contributed by atoms with Gasteiger partial charge in [-0.05, 0) is 39.0 Å². The van der Waals surface area contributed by atoms with E-state index in [-0.39, 0.29) is 12.2 Å². The molecule has 3 nitrogen and oxygen atoms in total. The van der Waals surface area contributed by atoms with Gasteiger partial charge in [0.15, 0.2) is 0 Å². The molecule has 0 spiro atoms. The van der Waals surface area contributed by atoms with Gasteiger partial charge in [-0.2, -0.15) is 0 Å². The molecule has 1 saturated carbocycles. The van der Waals surface area contributed by atoms with Crippen LogP contribution in [0.3, 0.4) is 0 Å². The van der Waals surface area contributed by atoms with Crippen molar-refractivity contribution < 1.29 is 9.53 Å². The predicted octanol–water partition coefficient (Wildman–Crippen LogP) is 3.48. The molecular formula is C13H25NO2. The molecule has 3 heteroatoms. The third-order valence-corrected chi connectivity index (χ3v) is 3.30. The first-order chi connectivity index (χ1) is 7.63. The summed E-state index contributed by atoms with van der Waals surface area (Å²) in [4.78, 5) is 11.5. The van der Waals surface area contributed by atoms with E-state index in [2.05, 4.69) is 12.2 Å². The lowest BCUT2D eigenvalue weighted by Crippen LogP contribution is -2.41. The highest BCUT2D eigenvalue weighted by molar-refractivity contribution is 5.67.